The summed E-state index contributed by atoms with van der Waals surface area (Å²) in [5.74, 6) is 2.46. The summed E-state index contributed by atoms with van der Waals surface area (Å²) in [5, 5.41) is 10.2. The Morgan fingerprint density at radius 1 is 1.25 bits per heavy atom. The Hall–Kier alpha value is -0.470. The van der Waals surface area contributed by atoms with Crippen LogP contribution in [0.1, 0.15) is 25.7 Å². The third kappa shape index (κ3) is 1.68. The van der Waals surface area contributed by atoms with Crippen molar-refractivity contribution < 1.29 is 5.11 Å². The highest BCUT2D eigenvalue weighted by molar-refractivity contribution is 9.11. The largest absolute Gasteiger partial charge is 0.379 e. The Labute approximate surface area is 105 Å². The van der Waals surface area contributed by atoms with Crippen molar-refractivity contribution in [1.29, 1.82) is 0 Å². The van der Waals surface area contributed by atoms with E-state index in [1.807, 2.05) is 6.08 Å². The molecule has 2 heteroatoms. The Morgan fingerprint density at radius 3 is 2.94 bits per heavy atom. The van der Waals surface area contributed by atoms with Crippen LogP contribution in [0.25, 0.3) is 0 Å². The van der Waals surface area contributed by atoms with Gasteiger partial charge in [-0.1, -0.05) is 12.8 Å². The van der Waals surface area contributed by atoms with Crippen LogP contribution in [-0.4, -0.2) is 11.2 Å². The lowest BCUT2D eigenvalue weighted by molar-refractivity contribution is 0.0821. The molecule has 0 unspecified atom stereocenters. The van der Waals surface area contributed by atoms with Gasteiger partial charge in [-0.15, -0.1) is 0 Å². The SMILES string of the molecule is O[C@H]1C=C2C=CC(Br)=C[C+]2[C@@H]2CCCC[C@@H]12. The maximum atomic E-state index is 10.2. The minimum absolute atomic E-state index is 0.237. The smallest absolute Gasteiger partial charge is 0.110 e. The Balaban J connectivity index is 1.97. The molecule has 0 aromatic carbocycles. The summed E-state index contributed by atoms with van der Waals surface area (Å²) in [6.07, 6.45) is 13.2. The number of hydrogen-bond acceptors (Lipinski definition) is 1. The molecule has 0 aliphatic heterocycles. The fourth-order valence-electron chi connectivity index (χ4n) is 3.28. The Kier molecular flexibility index (Phi) is 2.72. The number of rotatable bonds is 0. The zero-order valence-electron chi connectivity index (χ0n) is 9.20. The maximum Gasteiger partial charge on any atom is 0.110 e. The van der Waals surface area contributed by atoms with Gasteiger partial charge in [0.2, 0.25) is 0 Å². The second kappa shape index (κ2) is 4.08. The second-order valence-electron chi connectivity index (χ2n) is 4.99. The molecule has 1 fully saturated rings. The summed E-state index contributed by atoms with van der Waals surface area (Å²) in [4.78, 5) is 0. The first-order valence-corrected chi connectivity index (χ1v) is 6.87. The number of halogens is 1. The summed E-state index contributed by atoms with van der Waals surface area (Å²) in [5.41, 5.74) is 1.24. The van der Waals surface area contributed by atoms with E-state index in [9.17, 15) is 5.11 Å². The van der Waals surface area contributed by atoms with Crippen LogP contribution in [0.3, 0.4) is 0 Å². The molecular weight excluding hydrogens is 264 g/mol. The monoisotopic (exact) mass is 279 g/mol. The van der Waals surface area contributed by atoms with E-state index in [4.69, 9.17) is 0 Å². The molecule has 1 N–H and O–H groups in total. The van der Waals surface area contributed by atoms with Gasteiger partial charge in [0.05, 0.1) is 10.1 Å². The first-order valence-electron chi connectivity index (χ1n) is 6.08. The lowest BCUT2D eigenvalue weighted by Gasteiger charge is -2.38. The van der Waals surface area contributed by atoms with Gasteiger partial charge in [-0.3, -0.25) is 0 Å². The van der Waals surface area contributed by atoms with Crippen molar-refractivity contribution in [3.05, 3.63) is 40.3 Å². The highest BCUT2D eigenvalue weighted by atomic mass is 79.9. The van der Waals surface area contributed by atoms with Crippen molar-refractivity contribution in [2.24, 2.45) is 11.8 Å². The molecule has 0 aromatic heterocycles. The highest BCUT2D eigenvalue weighted by Gasteiger charge is 2.44. The number of hydrogen-bond donors (Lipinski definition) is 1. The molecule has 0 bridgehead atoms. The van der Waals surface area contributed by atoms with E-state index in [1.165, 1.54) is 37.2 Å². The summed E-state index contributed by atoms with van der Waals surface area (Å²) < 4.78 is 1.15. The molecule has 0 heterocycles. The highest BCUT2D eigenvalue weighted by Crippen LogP contribution is 2.47. The topological polar surface area (TPSA) is 20.2 Å². The molecule has 3 aliphatic rings. The fraction of sp³-hybridized carbons (Fsp3) is 0.500. The van der Waals surface area contributed by atoms with Crippen LogP contribution in [-0.2, 0) is 0 Å². The number of aliphatic hydroxyl groups excluding tert-OH is 1. The zero-order chi connectivity index (χ0) is 11.1. The number of allylic oxidation sites excluding steroid dienone is 5. The van der Waals surface area contributed by atoms with Gasteiger partial charge in [0.25, 0.3) is 0 Å². The van der Waals surface area contributed by atoms with Gasteiger partial charge >= 0.3 is 0 Å². The molecular formula is C14H16BrO+. The van der Waals surface area contributed by atoms with Crippen molar-refractivity contribution in [2.45, 2.75) is 31.8 Å². The normalized spacial score (nSPS) is 37.4. The summed E-state index contributed by atoms with van der Waals surface area (Å²) in [7, 11) is 0. The Morgan fingerprint density at radius 2 is 2.06 bits per heavy atom. The molecule has 3 atom stereocenters. The third-order valence-corrected chi connectivity index (χ3v) is 4.55. The van der Waals surface area contributed by atoms with Crippen LogP contribution in [0.15, 0.2) is 34.4 Å². The predicted octanol–water partition coefficient (Wildman–Crippen LogP) is 3.52. The molecule has 1 nitrogen and oxygen atoms in total. The molecule has 16 heavy (non-hydrogen) atoms. The number of fused-ring (bicyclic) bond motifs is 3. The molecule has 0 amide bonds. The van der Waals surface area contributed by atoms with Crippen molar-refractivity contribution in [3.63, 3.8) is 0 Å². The summed E-state index contributed by atoms with van der Waals surface area (Å²) in [6.45, 7) is 0. The van der Waals surface area contributed by atoms with E-state index in [-0.39, 0.29) is 6.10 Å². The van der Waals surface area contributed by atoms with Gasteiger partial charge in [0.1, 0.15) is 6.10 Å². The van der Waals surface area contributed by atoms with Crippen LogP contribution in [0.4, 0.5) is 0 Å². The van der Waals surface area contributed by atoms with E-state index >= 15 is 0 Å². The van der Waals surface area contributed by atoms with Crippen molar-refractivity contribution in [2.75, 3.05) is 0 Å². The quantitative estimate of drug-likeness (QED) is 0.673. The average molecular weight is 280 g/mol. The van der Waals surface area contributed by atoms with Crippen molar-refractivity contribution in [1.82, 2.24) is 0 Å². The first-order chi connectivity index (χ1) is 7.75. The van der Waals surface area contributed by atoms with Crippen LogP contribution < -0.4 is 0 Å². The van der Waals surface area contributed by atoms with Gasteiger partial charge in [-0.2, -0.15) is 0 Å². The molecule has 0 spiro atoms. The van der Waals surface area contributed by atoms with Gasteiger partial charge in [-0.25, -0.2) is 0 Å². The van der Waals surface area contributed by atoms with Crippen LogP contribution in [0.5, 0.6) is 0 Å². The molecule has 0 saturated heterocycles. The van der Waals surface area contributed by atoms with Crippen LogP contribution >= 0.6 is 15.9 Å². The molecule has 0 radical (unpaired) electrons. The third-order valence-electron chi connectivity index (χ3n) is 4.06. The lowest BCUT2D eigenvalue weighted by Crippen LogP contribution is -2.37. The van der Waals surface area contributed by atoms with Gasteiger partial charge < -0.3 is 5.11 Å². The van der Waals surface area contributed by atoms with Crippen LogP contribution in [0.2, 0.25) is 0 Å². The van der Waals surface area contributed by atoms with E-state index < -0.39 is 0 Å². The lowest BCUT2D eigenvalue weighted by atomic mass is 9.64. The molecule has 84 valence electrons. The Bertz CT molecular complexity index is 380. The van der Waals surface area contributed by atoms with Crippen LogP contribution in [0, 0.1) is 17.8 Å². The molecule has 3 rings (SSSR count). The molecule has 3 aliphatic carbocycles. The molecule has 0 aromatic rings. The van der Waals surface area contributed by atoms with E-state index in [2.05, 4.69) is 34.2 Å². The maximum absolute atomic E-state index is 10.2. The summed E-state index contributed by atoms with van der Waals surface area (Å²) in [6, 6.07) is 0. The van der Waals surface area contributed by atoms with E-state index in [0.717, 1.165) is 4.48 Å². The van der Waals surface area contributed by atoms with Gasteiger partial charge in [0.15, 0.2) is 0 Å². The first kappa shape index (κ1) is 10.7. The van der Waals surface area contributed by atoms with E-state index in [1.54, 1.807) is 0 Å². The predicted molar refractivity (Wildman–Crippen MR) is 68.9 cm³/mol. The van der Waals surface area contributed by atoms with Gasteiger partial charge in [0, 0.05) is 58.0 Å². The second-order valence-corrected chi connectivity index (χ2v) is 5.90. The van der Waals surface area contributed by atoms with E-state index in [0.29, 0.717) is 11.8 Å². The minimum atomic E-state index is -0.237. The minimum Gasteiger partial charge on any atom is -0.379 e. The summed E-state index contributed by atoms with van der Waals surface area (Å²) >= 11 is 3.55. The van der Waals surface area contributed by atoms with Crippen molar-refractivity contribution >= 4 is 15.9 Å². The standard InChI is InChI=1S/C14H16BrO/c15-10-6-5-9-7-14(16)12-4-2-1-3-11(12)13(9)8-10/h5-8,11-12,14,16H,1-4H2/q+1/t11-,12-,14+/m1/s1. The van der Waals surface area contributed by atoms with Crippen molar-refractivity contribution in [3.8, 4) is 0 Å². The zero-order valence-corrected chi connectivity index (χ0v) is 10.8. The molecule has 1 saturated carbocycles. The number of aliphatic hydroxyl groups is 1. The average Bonchev–Trinajstić information content (AvgIpc) is 2.31. The fourth-order valence-corrected chi connectivity index (χ4v) is 3.66. The van der Waals surface area contributed by atoms with Gasteiger partial charge in [-0.05, 0) is 12.8 Å².